The average molecular weight is 192 g/mol. The largest absolute Gasteiger partial charge is 0.465 e. The van der Waals surface area contributed by atoms with E-state index in [2.05, 4.69) is 0 Å². The van der Waals surface area contributed by atoms with Gasteiger partial charge in [0.25, 0.3) is 0 Å². The van der Waals surface area contributed by atoms with Gasteiger partial charge < -0.3 is 10.0 Å². The van der Waals surface area contributed by atoms with E-state index >= 15 is 0 Å². The van der Waals surface area contributed by atoms with Gasteiger partial charge in [0.1, 0.15) is 0 Å². The lowest BCUT2D eigenvalue weighted by atomic mass is 9.99. The van der Waals surface area contributed by atoms with Crippen LogP contribution in [0.25, 0.3) is 0 Å². The average Bonchev–Trinajstić information content (AvgIpc) is 2.52. The van der Waals surface area contributed by atoms with Crippen molar-refractivity contribution in [1.29, 1.82) is 0 Å². The Bertz CT molecular complexity index is 178. The van der Waals surface area contributed by atoms with Gasteiger partial charge in [-0.05, 0) is 12.8 Å². The maximum Gasteiger partial charge on any atom is 0.407 e. The van der Waals surface area contributed by atoms with Gasteiger partial charge in [-0.25, -0.2) is 4.79 Å². The van der Waals surface area contributed by atoms with Gasteiger partial charge in [0.15, 0.2) is 0 Å². The lowest BCUT2D eigenvalue weighted by Crippen LogP contribution is -2.48. The fourth-order valence-electron chi connectivity index (χ4n) is 1.79. The van der Waals surface area contributed by atoms with Gasteiger partial charge in [-0.3, -0.25) is 0 Å². The highest BCUT2D eigenvalue weighted by Gasteiger charge is 2.39. The summed E-state index contributed by atoms with van der Waals surface area (Å²) in [5, 5.41) is 8.81. The predicted octanol–water partition coefficient (Wildman–Crippen LogP) is 2.15. The number of hydrogen-bond donors (Lipinski definition) is 1. The van der Waals surface area contributed by atoms with Crippen molar-refractivity contribution in [2.45, 2.75) is 31.2 Å². The molecule has 1 saturated carbocycles. The van der Waals surface area contributed by atoms with E-state index in [1.54, 1.807) is 7.05 Å². The number of carbonyl (C=O) groups is 1. The predicted molar refractivity (Wildman–Crippen MR) is 47.7 cm³/mol. The second-order valence-corrected chi connectivity index (χ2v) is 3.67. The summed E-state index contributed by atoms with van der Waals surface area (Å²) < 4.78 is 0. The third-order valence-electron chi connectivity index (χ3n) is 2.78. The second-order valence-electron chi connectivity index (χ2n) is 3.41. The molecule has 12 heavy (non-hydrogen) atoms. The lowest BCUT2D eigenvalue weighted by molar-refractivity contribution is 0.106. The van der Waals surface area contributed by atoms with Crippen LogP contribution in [0.15, 0.2) is 0 Å². The molecule has 0 unspecified atom stereocenters. The number of carboxylic acid groups (broad SMARTS) is 1. The molecule has 1 fully saturated rings. The molecule has 4 heteroatoms. The molecular formula is C8H14ClNO2. The Labute approximate surface area is 77.3 Å². The van der Waals surface area contributed by atoms with E-state index in [9.17, 15) is 4.79 Å². The highest BCUT2D eigenvalue weighted by Crippen LogP contribution is 2.35. The normalized spacial score (nSPS) is 20.8. The zero-order valence-electron chi connectivity index (χ0n) is 7.22. The first-order valence-corrected chi connectivity index (χ1v) is 4.68. The number of alkyl halides is 1. The fraction of sp³-hybridized carbons (Fsp3) is 0.875. The first-order chi connectivity index (χ1) is 5.62. The van der Waals surface area contributed by atoms with Crippen molar-refractivity contribution < 1.29 is 9.90 Å². The van der Waals surface area contributed by atoms with Crippen LogP contribution in [0.3, 0.4) is 0 Å². The molecule has 1 aliphatic rings. The molecule has 0 aromatic carbocycles. The Morgan fingerprint density at radius 1 is 1.58 bits per heavy atom. The molecule has 70 valence electrons. The molecule has 0 aliphatic heterocycles. The van der Waals surface area contributed by atoms with Crippen molar-refractivity contribution >= 4 is 17.7 Å². The van der Waals surface area contributed by atoms with Gasteiger partial charge in [0.05, 0.1) is 5.54 Å². The Hall–Kier alpha value is -0.440. The van der Waals surface area contributed by atoms with Gasteiger partial charge in [0, 0.05) is 12.9 Å². The second kappa shape index (κ2) is 3.52. The Kier molecular flexibility index (Phi) is 2.83. The number of amides is 1. The van der Waals surface area contributed by atoms with Gasteiger partial charge in [0.2, 0.25) is 0 Å². The van der Waals surface area contributed by atoms with Crippen LogP contribution >= 0.6 is 11.6 Å². The summed E-state index contributed by atoms with van der Waals surface area (Å²) in [6, 6.07) is 0. The van der Waals surface area contributed by atoms with E-state index in [0.29, 0.717) is 5.88 Å². The Balaban J connectivity index is 2.71. The molecule has 1 rings (SSSR count). The minimum absolute atomic E-state index is 0.284. The van der Waals surface area contributed by atoms with Crippen LogP contribution in [0.5, 0.6) is 0 Å². The van der Waals surface area contributed by atoms with Crippen LogP contribution in [0.4, 0.5) is 4.79 Å². The van der Waals surface area contributed by atoms with Crippen LogP contribution in [0.2, 0.25) is 0 Å². The van der Waals surface area contributed by atoms with Gasteiger partial charge in [-0.1, -0.05) is 12.8 Å². The monoisotopic (exact) mass is 191 g/mol. The number of nitrogens with zero attached hydrogens (tertiary/aromatic N) is 1. The van der Waals surface area contributed by atoms with E-state index in [4.69, 9.17) is 16.7 Å². The fourth-order valence-corrected chi connectivity index (χ4v) is 2.24. The standard InChI is InChI=1S/C8H14ClNO2/c1-10(7(11)12)8(6-9)4-2-3-5-8/h2-6H2,1H3,(H,11,12). The Morgan fingerprint density at radius 3 is 2.42 bits per heavy atom. The molecule has 0 radical (unpaired) electrons. The molecule has 1 N–H and O–H groups in total. The van der Waals surface area contributed by atoms with Crippen LogP contribution < -0.4 is 0 Å². The third kappa shape index (κ3) is 1.51. The van der Waals surface area contributed by atoms with E-state index in [1.807, 2.05) is 0 Å². The summed E-state index contributed by atoms with van der Waals surface area (Å²) in [6.45, 7) is 0. The molecule has 3 nitrogen and oxygen atoms in total. The van der Waals surface area contributed by atoms with Crippen molar-refractivity contribution in [2.24, 2.45) is 0 Å². The third-order valence-corrected chi connectivity index (χ3v) is 3.28. The highest BCUT2D eigenvalue weighted by molar-refractivity contribution is 6.18. The van der Waals surface area contributed by atoms with E-state index < -0.39 is 6.09 Å². The maximum absolute atomic E-state index is 10.7. The minimum atomic E-state index is -0.877. The summed E-state index contributed by atoms with van der Waals surface area (Å²) in [5.41, 5.74) is -0.284. The van der Waals surface area contributed by atoms with Gasteiger partial charge in [-0.2, -0.15) is 0 Å². The lowest BCUT2D eigenvalue weighted by Gasteiger charge is -2.34. The molecule has 0 aromatic heterocycles. The zero-order valence-corrected chi connectivity index (χ0v) is 7.97. The van der Waals surface area contributed by atoms with Crippen LogP contribution in [0.1, 0.15) is 25.7 Å². The first kappa shape index (κ1) is 9.65. The molecule has 0 heterocycles. The molecule has 0 atom stereocenters. The molecule has 0 saturated heterocycles. The zero-order chi connectivity index (χ0) is 9.19. The number of halogens is 1. The molecular weight excluding hydrogens is 178 g/mol. The van der Waals surface area contributed by atoms with E-state index in [1.165, 1.54) is 4.90 Å². The minimum Gasteiger partial charge on any atom is -0.465 e. The summed E-state index contributed by atoms with van der Waals surface area (Å²) >= 11 is 5.80. The van der Waals surface area contributed by atoms with Gasteiger partial charge >= 0.3 is 6.09 Å². The SMILES string of the molecule is CN(C(=O)O)C1(CCl)CCCC1. The topological polar surface area (TPSA) is 40.5 Å². The van der Waals surface area contributed by atoms with E-state index in [-0.39, 0.29) is 5.54 Å². The van der Waals surface area contributed by atoms with Gasteiger partial charge in [-0.15, -0.1) is 11.6 Å². The maximum atomic E-state index is 10.7. The number of rotatable bonds is 2. The van der Waals surface area contributed by atoms with Crippen molar-refractivity contribution in [3.8, 4) is 0 Å². The van der Waals surface area contributed by atoms with Crippen LogP contribution in [-0.4, -0.2) is 34.6 Å². The summed E-state index contributed by atoms with van der Waals surface area (Å²) in [4.78, 5) is 12.1. The quantitative estimate of drug-likeness (QED) is 0.680. The van der Waals surface area contributed by atoms with Crippen molar-refractivity contribution in [2.75, 3.05) is 12.9 Å². The summed E-state index contributed by atoms with van der Waals surface area (Å²) in [6.07, 6.45) is 3.10. The summed E-state index contributed by atoms with van der Waals surface area (Å²) in [5.74, 6) is 0.413. The first-order valence-electron chi connectivity index (χ1n) is 4.15. The smallest absolute Gasteiger partial charge is 0.407 e. The van der Waals surface area contributed by atoms with E-state index in [0.717, 1.165) is 25.7 Å². The molecule has 0 spiro atoms. The highest BCUT2D eigenvalue weighted by atomic mass is 35.5. The Morgan fingerprint density at radius 2 is 2.08 bits per heavy atom. The van der Waals surface area contributed by atoms with Crippen molar-refractivity contribution in [1.82, 2.24) is 4.90 Å². The number of hydrogen-bond acceptors (Lipinski definition) is 1. The molecule has 0 bridgehead atoms. The molecule has 1 aliphatic carbocycles. The van der Waals surface area contributed by atoms with Crippen molar-refractivity contribution in [3.63, 3.8) is 0 Å². The van der Waals surface area contributed by atoms with Crippen LogP contribution in [-0.2, 0) is 0 Å². The molecule has 0 aromatic rings. The van der Waals surface area contributed by atoms with Crippen LogP contribution in [0, 0.1) is 0 Å². The summed E-state index contributed by atoms with van der Waals surface area (Å²) in [7, 11) is 1.61. The molecule has 1 amide bonds. The van der Waals surface area contributed by atoms with Crippen molar-refractivity contribution in [3.05, 3.63) is 0 Å².